The fourth-order valence-electron chi connectivity index (χ4n) is 2.26. The number of nitrogens with one attached hydrogen (secondary N) is 1. The van der Waals surface area contributed by atoms with Gasteiger partial charge in [0.05, 0.1) is 12.1 Å². The summed E-state index contributed by atoms with van der Waals surface area (Å²) >= 11 is 0. The van der Waals surface area contributed by atoms with Crippen molar-refractivity contribution in [2.45, 2.75) is 39.4 Å². The van der Waals surface area contributed by atoms with Crippen molar-refractivity contribution in [3.8, 4) is 0 Å². The van der Waals surface area contributed by atoms with Crippen LogP contribution in [0.25, 0.3) is 0 Å². The SMILES string of the molecule is CCNC(C)(C)C(=O)N1CCn2ccnc2C1. The molecule has 1 amide bonds. The Morgan fingerprint density at radius 3 is 3.00 bits per heavy atom. The summed E-state index contributed by atoms with van der Waals surface area (Å²) in [6.07, 6.45) is 3.76. The third-order valence-corrected chi connectivity index (χ3v) is 3.19. The molecule has 0 saturated heterocycles. The zero-order valence-electron chi connectivity index (χ0n) is 10.7. The van der Waals surface area contributed by atoms with Gasteiger partial charge in [-0.25, -0.2) is 4.98 Å². The van der Waals surface area contributed by atoms with Gasteiger partial charge >= 0.3 is 0 Å². The molecule has 0 spiro atoms. The number of imidazole rings is 1. The molecule has 1 aromatic rings. The lowest BCUT2D eigenvalue weighted by molar-refractivity contribution is -0.138. The molecule has 2 rings (SSSR count). The van der Waals surface area contributed by atoms with E-state index in [0.717, 1.165) is 25.5 Å². The van der Waals surface area contributed by atoms with Gasteiger partial charge in [0.2, 0.25) is 5.91 Å². The number of hydrogen-bond donors (Lipinski definition) is 1. The molecule has 1 N–H and O–H groups in total. The lowest BCUT2D eigenvalue weighted by Gasteiger charge is -2.34. The highest BCUT2D eigenvalue weighted by Gasteiger charge is 2.32. The van der Waals surface area contributed by atoms with Crippen LogP contribution in [0, 0.1) is 0 Å². The van der Waals surface area contributed by atoms with Gasteiger partial charge in [0.1, 0.15) is 5.82 Å². The number of aromatic nitrogens is 2. The van der Waals surface area contributed by atoms with E-state index in [1.54, 1.807) is 6.20 Å². The third-order valence-electron chi connectivity index (χ3n) is 3.19. The Kier molecular flexibility index (Phi) is 3.19. The minimum atomic E-state index is -0.497. The van der Waals surface area contributed by atoms with Crippen LogP contribution >= 0.6 is 0 Å². The molecule has 0 bridgehead atoms. The summed E-state index contributed by atoms with van der Waals surface area (Å²) in [6.45, 7) is 8.87. The van der Waals surface area contributed by atoms with Gasteiger partial charge in [-0.3, -0.25) is 4.79 Å². The lowest BCUT2D eigenvalue weighted by Crippen LogP contribution is -2.55. The molecule has 2 heterocycles. The number of nitrogens with zero attached hydrogens (tertiary/aromatic N) is 3. The molecular weight excluding hydrogens is 216 g/mol. The van der Waals surface area contributed by atoms with Crippen molar-refractivity contribution in [2.24, 2.45) is 0 Å². The lowest BCUT2D eigenvalue weighted by atomic mass is 10.0. The predicted molar refractivity (Wildman–Crippen MR) is 65.4 cm³/mol. The van der Waals surface area contributed by atoms with E-state index in [9.17, 15) is 4.79 Å². The van der Waals surface area contributed by atoms with Gasteiger partial charge in [0.15, 0.2) is 0 Å². The smallest absolute Gasteiger partial charge is 0.242 e. The van der Waals surface area contributed by atoms with Gasteiger partial charge in [-0.2, -0.15) is 0 Å². The molecule has 0 fully saturated rings. The number of likely N-dealkylation sites (N-methyl/N-ethyl adjacent to an activating group) is 1. The van der Waals surface area contributed by atoms with E-state index in [0.29, 0.717) is 6.54 Å². The van der Waals surface area contributed by atoms with Crippen LogP contribution in [0.15, 0.2) is 12.4 Å². The molecule has 1 aliphatic rings. The molecule has 94 valence electrons. The molecule has 0 saturated carbocycles. The standard InChI is InChI=1S/C12H20N4O/c1-4-14-12(2,3)11(17)16-8-7-15-6-5-13-10(15)9-16/h5-6,14H,4,7-9H2,1-3H3. The van der Waals surface area contributed by atoms with Gasteiger partial charge < -0.3 is 14.8 Å². The molecule has 0 unspecified atom stereocenters. The van der Waals surface area contributed by atoms with Gasteiger partial charge in [-0.1, -0.05) is 6.92 Å². The molecule has 1 aromatic heterocycles. The Balaban J connectivity index is 2.08. The highest BCUT2D eigenvalue weighted by molar-refractivity contribution is 5.85. The molecule has 0 aliphatic carbocycles. The number of carbonyl (C=O) groups excluding carboxylic acids is 1. The zero-order chi connectivity index (χ0) is 12.5. The van der Waals surface area contributed by atoms with E-state index in [-0.39, 0.29) is 5.91 Å². The van der Waals surface area contributed by atoms with Crippen LogP contribution in [0.2, 0.25) is 0 Å². The van der Waals surface area contributed by atoms with E-state index < -0.39 is 5.54 Å². The monoisotopic (exact) mass is 236 g/mol. The van der Waals surface area contributed by atoms with Crippen molar-refractivity contribution in [3.63, 3.8) is 0 Å². The summed E-state index contributed by atoms with van der Waals surface area (Å²) in [6, 6.07) is 0. The number of carbonyl (C=O) groups is 1. The highest BCUT2D eigenvalue weighted by atomic mass is 16.2. The molecule has 5 heteroatoms. The average Bonchev–Trinajstić information content (AvgIpc) is 2.74. The van der Waals surface area contributed by atoms with Crippen LogP contribution in [0.3, 0.4) is 0 Å². The molecule has 0 radical (unpaired) electrons. The Labute approximate surface area is 102 Å². The Hall–Kier alpha value is -1.36. The van der Waals surface area contributed by atoms with Crippen LogP contribution in [0.5, 0.6) is 0 Å². The molecule has 1 aliphatic heterocycles. The van der Waals surface area contributed by atoms with E-state index in [1.807, 2.05) is 31.9 Å². The maximum absolute atomic E-state index is 12.4. The first-order chi connectivity index (χ1) is 8.04. The summed E-state index contributed by atoms with van der Waals surface area (Å²) in [5.41, 5.74) is -0.497. The number of amides is 1. The second-order valence-electron chi connectivity index (χ2n) is 4.92. The number of rotatable bonds is 3. The molecule has 0 atom stereocenters. The molecule has 0 aromatic carbocycles. The van der Waals surface area contributed by atoms with Gasteiger partial charge in [0.25, 0.3) is 0 Å². The Morgan fingerprint density at radius 2 is 2.29 bits per heavy atom. The zero-order valence-corrected chi connectivity index (χ0v) is 10.7. The molecule has 5 nitrogen and oxygen atoms in total. The largest absolute Gasteiger partial charge is 0.332 e. The van der Waals surface area contributed by atoms with Crippen LogP contribution in [0.4, 0.5) is 0 Å². The van der Waals surface area contributed by atoms with E-state index >= 15 is 0 Å². The minimum Gasteiger partial charge on any atom is -0.332 e. The van der Waals surface area contributed by atoms with Crippen molar-refractivity contribution in [1.29, 1.82) is 0 Å². The van der Waals surface area contributed by atoms with Crippen LogP contribution < -0.4 is 5.32 Å². The van der Waals surface area contributed by atoms with Crippen LogP contribution in [-0.4, -0.2) is 39.0 Å². The maximum atomic E-state index is 12.4. The van der Waals surface area contributed by atoms with E-state index in [4.69, 9.17) is 0 Å². The van der Waals surface area contributed by atoms with Crippen molar-refractivity contribution in [3.05, 3.63) is 18.2 Å². The first-order valence-corrected chi connectivity index (χ1v) is 6.09. The second-order valence-corrected chi connectivity index (χ2v) is 4.92. The van der Waals surface area contributed by atoms with Crippen molar-refractivity contribution >= 4 is 5.91 Å². The van der Waals surface area contributed by atoms with E-state index in [2.05, 4.69) is 14.9 Å². The van der Waals surface area contributed by atoms with Gasteiger partial charge in [-0.05, 0) is 20.4 Å². The summed E-state index contributed by atoms with van der Waals surface area (Å²) in [5.74, 6) is 1.12. The quantitative estimate of drug-likeness (QED) is 0.836. The summed E-state index contributed by atoms with van der Waals surface area (Å²) in [7, 11) is 0. The fourth-order valence-corrected chi connectivity index (χ4v) is 2.26. The minimum absolute atomic E-state index is 0.147. The van der Waals surface area contributed by atoms with Crippen LogP contribution in [0.1, 0.15) is 26.6 Å². The van der Waals surface area contributed by atoms with Crippen molar-refractivity contribution < 1.29 is 4.79 Å². The summed E-state index contributed by atoms with van der Waals surface area (Å²) in [4.78, 5) is 18.5. The number of fused-ring (bicyclic) bond motifs is 1. The maximum Gasteiger partial charge on any atom is 0.242 e. The molecular formula is C12H20N4O. The number of hydrogen-bond acceptors (Lipinski definition) is 3. The predicted octanol–water partition coefficient (Wildman–Crippen LogP) is 0.613. The first kappa shape index (κ1) is 12.1. The Bertz CT molecular complexity index is 410. The fraction of sp³-hybridized carbons (Fsp3) is 0.667. The van der Waals surface area contributed by atoms with Crippen molar-refractivity contribution in [2.75, 3.05) is 13.1 Å². The first-order valence-electron chi connectivity index (χ1n) is 6.09. The summed E-state index contributed by atoms with van der Waals surface area (Å²) < 4.78 is 2.10. The third kappa shape index (κ3) is 2.34. The second kappa shape index (κ2) is 4.49. The normalized spacial score (nSPS) is 15.8. The van der Waals surface area contributed by atoms with Crippen LogP contribution in [-0.2, 0) is 17.9 Å². The van der Waals surface area contributed by atoms with Gasteiger partial charge in [0, 0.05) is 25.5 Å². The average molecular weight is 236 g/mol. The topological polar surface area (TPSA) is 50.2 Å². The van der Waals surface area contributed by atoms with E-state index in [1.165, 1.54) is 0 Å². The Morgan fingerprint density at radius 1 is 1.53 bits per heavy atom. The molecule has 17 heavy (non-hydrogen) atoms. The highest BCUT2D eigenvalue weighted by Crippen LogP contribution is 2.15. The summed E-state index contributed by atoms with van der Waals surface area (Å²) in [5, 5.41) is 3.22. The van der Waals surface area contributed by atoms with Gasteiger partial charge in [-0.15, -0.1) is 0 Å². The van der Waals surface area contributed by atoms with Crippen molar-refractivity contribution in [1.82, 2.24) is 19.8 Å².